The summed E-state index contributed by atoms with van der Waals surface area (Å²) in [6.45, 7) is 2.16. The zero-order chi connectivity index (χ0) is 27.6. The molecule has 0 saturated carbocycles. The van der Waals surface area contributed by atoms with Gasteiger partial charge in [-0.25, -0.2) is 9.79 Å². The molecule has 7 nitrogen and oxygen atoms in total. The number of aromatic nitrogens is 2. The van der Waals surface area contributed by atoms with Crippen LogP contribution in [0.15, 0.2) is 106 Å². The molecule has 0 fully saturated rings. The Bertz CT molecular complexity index is 1990. The number of thiazole rings is 1. The van der Waals surface area contributed by atoms with E-state index in [2.05, 4.69) is 6.07 Å². The number of carbonyl (C=O) groups excluding carboxylic acids is 1. The van der Waals surface area contributed by atoms with Gasteiger partial charge in [0.1, 0.15) is 6.54 Å². The topological polar surface area (TPSA) is 89.4 Å². The molecule has 1 aliphatic heterocycles. The molecule has 3 heterocycles. The Kier molecular flexibility index (Phi) is 6.72. The third-order valence-corrected chi connectivity index (χ3v) is 7.82. The van der Waals surface area contributed by atoms with Crippen LogP contribution in [0.2, 0.25) is 0 Å². The first-order valence-electron chi connectivity index (χ1n) is 12.9. The number of ether oxygens (including phenoxy) is 1. The van der Waals surface area contributed by atoms with Crippen molar-refractivity contribution in [2.24, 2.45) is 4.99 Å². The van der Waals surface area contributed by atoms with E-state index in [4.69, 9.17) is 9.73 Å². The molecule has 1 atom stereocenters. The third kappa shape index (κ3) is 4.36. The molecule has 196 valence electrons. The molecule has 6 rings (SSSR count). The van der Waals surface area contributed by atoms with E-state index in [1.807, 2.05) is 102 Å². The Morgan fingerprint density at radius 2 is 1.75 bits per heavy atom. The number of esters is 1. The van der Waals surface area contributed by atoms with Crippen molar-refractivity contribution in [3.05, 3.63) is 133 Å². The van der Waals surface area contributed by atoms with Crippen LogP contribution in [0.4, 0.5) is 0 Å². The van der Waals surface area contributed by atoms with E-state index in [0.717, 1.165) is 27.6 Å². The van der Waals surface area contributed by atoms with Crippen molar-refractivity contribution in [3.63, 3.8) is 0 Å². The quantitative estimate of drug-likeness (QED) is 0.296. The van der Waals surface area contributed by atoms with E-state index in [1.165, 1.54) is 11.3 Å². The smallest absolute Gasteiger partial charge is 0.338 e. The van der Waals surface area contributed by atoms with Crippen molar-refractivity contribution in [2.45, 2.75) is 19.5 Å². The third-order valence-electron chi connectivity index (χ3n) is 6.84. The lowest BCUT2D eigenvalue weighted by Gasteiger charge is -2.25. The van der Waals surface area contributed by atoms with Gasteiger partial charge in [0.15, 0.2) is 4.80 Å². The highest BCUT2D eigenvalue weighted by molar-refractivity contribution is 7.07. The fraction of sp³-hybridized carbons (Fsp3) is 0.125. The molecule has 0 radical (unpaired) electrons. The van der Waals surface area contributed by atoms with Crippen LogP contribution < -0.4 is 14.9 Å². The summed E-state index contributed by atoms with van der Waals surface area (Å²) in [5.74, 6) is -0.507. The predicted octanol–water partition coefficient (Wildman–Crippen LogP) is 4.41. The summed E-state index contributed by atoms with van der Waals surface area (Å²) in [7, 11) is 0. The van der Waals surface area contributed by atoms with Gasteiger partial charge in [-0.2, -0.15) is 5.26 Å². The molecule has 1 aliphatic rings. The molecule has 3 aromatic carbocycles. The molecule has 0 saturated heterocycles. The van der Waals surface area contributed by atoms with E-state index >= 15 is 0 Å². The molecular formula is C32H24N4O3S. The summed E-state index contributed by atoms with van der Waals surface area (Å²) < 4.78 is 9.46. The summed E-state index contributed by atoms with van der Waals surface area (Å²) in [5, 5.41) is 10.3. The molecule has 5 aromatic rings. The minimum absolute atomic E-state index is 0.198. The number of nitriles is 1. The van der Waals surface area contributed by atoms with Crippen molar-refractivity contribution in [1.82, 2.24) is 9.13 Å². The van der Waals surface area contributed by atoms with Crippen LogP contribution in [-0.4, -0.2) is 21.7 Å². The Hall–Kier alpha value is -5.00. The van der Waals surface area contributed by atoms with Crippen LogP contribution in [0.25, 0.3) is 22.7 Å². The fourth-order valence-corrected chi connectivity index (χ4v) is 6.12. The van der Waals surface area contributed by atoms with Gasteiger partial charge in [0.05, 0.1) is 34.5 Å². The lowest BCUT2D eigenvalue weighted by atomic mass is 9.93. The van der Waals surface area contributed by atoms with Crippen molar-refractivity contribution in [2.75, 3.05) is 6.61 Å². The lowest BCUT2D eigenvalue weighted by molar-refractivity contribution is -0.138. The zero-order valence-electron chi connectivity index (χ0n) is 21.7. The number of hydrogen-bond acceptors (Lipinski definition) is 6. The first-order valence-corrected chi connectivity index (χ1v) is 13.7. The molecular weight excluding hydrogens is 520 g/mol. The van der Waals surface area contributed by atoms with Crippen LogP contribution in [0.5, 0.6) is 0 Å². The van der Waals surface area contributed by atoms with Crippen LogP contribution in [0, 0.1) is 11.3 Å². The van der Waals surface area contributed by atoms with Crippen molar-refractivity contribution < 1.29 is 9.53 Å². The van der Waals surface area contributed by atoms with Gasteiger partial charge in [0.2, 0.25) is 0 Å². The van der Waals surface area contributed by atoms with Gasteiger partial charge in [0, 0.05) is 28.2 Å². The maximum absolute atomic E-state index is 14.1. The Morgan fingerprint density at radius 3 is 2.48 bits per heavy atom. The summed E-state index contributed by atoms with van der Waals surface area (Å²) in [4.78, 5) is 33.0. The first kappa shape index (κ1) is 25.3. The van der Waals surface area contributed by atoms with Gasteiger partial charge in [-0.15, -0.1) is 0 Å². The van der Waals surface area contributed by atoms with E-state index in [1.54, 1.807) is 11.5 Å². The van der Waals surface area contributed by atoms with Crippen molar-refractivity contribution in [1.29, 1.82) is 5.26 Å². The highest BCUT2D eigenvalue weighted by atomic mass is 32.1. The predicted molar refractivity (Wildman–Crippen MR) is 155 cm³/mol. The molecule has 40 heavy (non-hydrogen) atoms. The number of hydrogen-bond donors (Lipinski definition) is 0. The van der Waals surface area contributed by atoms with Crippen LogP contribution in [0.1, 0.15) is 29.7 Å². The standard InChI is InChI=1S/C32H24N4O3S/c1-2-39-31(38)27-28(21-11-5-3-6-12-21)34-32-36(29(27)22-13-7-4-8-14-22)30(37)26(40-32)19-23-20-35(18-17-33)25-16-10-9-15-24(23)25/h3-16,19-20,29H,2,18H2,1H3/b26-19-/t29-/m0/s1. The minimum atomic E-state index is -0.714. The minimum Gasteiger partial charge on any atom is -0.463 e. The number of fused-ring (bicyclic) bond motifs is 2. The maximum Gasteiger partial charge on any atom is 0.338 e. The van der Waals surface area contributed by atoms with Crippen LogP contribution in [-0.2, 0) is 16.1 Å². The van der Waals surface area contributed by atoms with Crippen molar-refractivity contribution >= 4 is 40.0 Å². The summed E-state index contributed by atoms with van der Waals surface area (Å²) >= 11 is 1.28. The van der Waals surface area contributed by atoms with Gasteiger partial charge in [-0.3, -0.25) is 9.36 Å². The Morgan fingerprint density at radius 1 is 1.05 bits per heavy atom. The molecule has 0 aliphatic carbocycles. The van der Waals surface area contributed by atoms with E-state index in [9.17, 15) is 14.9 Å². The van der Waals surface area contributed by atoms with E-state index in [0.29, 0.717) is 20.6 Å². The number of para-hydroxylation sites is 1. The number of rotatable bonds is 6. The number of carbonyl (C=O) groups is 1. The molecule has 0 N–H and O–H groups in total. The van der Waals surface area contributed by atoms with E-state index < -0.39 is 12.0 Å². The van der Waals surface area contributed by atoms with Gasteiger partial charge in [0.25, 0.3) is 5.56 Å². The fourth-order valence-electron chi connectivity index (χ4n) is 5.13. The largest absolute Gasteiger partial charge is 0.463 e. The number of nitrogens with zero attached hydrogens (tertiary/aromatic N) is 4. The number of benzene rings is 3. The normalized spacial score (nSPS) is 15.0. The molecule has 0 unspecified atom stereocenters. The van der Waals surface area contributed by atoms with Crippen LogP contribution in [0.3, 0.4) is 0 Å². The summed E-state index contributed by atoms with van der Waals surface area (Å²) in [6.07, 6.45) is 3.73. The summed E-state index contributed by atoms with van der Waals surface area (Å²) in [5.41, 5.74) is 3.87. The second kappa shape index (κ2) is 10.6. The monoisotopic (exact) mass is 544 g/mol. The Labute approximate surface area is 233 Å². The second-order valence-corrected chi connectivity index (χ2v) is 10.2. The molecule has 0 bridgehead atoms. The zero-order valence-corrected chi connectivity index (χ0v) is 22.5. The molecule has 2 aromatic heterocycles. The van der Waals surface area contributed by atoms with Gasteiger partial charge in [-0.05, 0) is 24.6 Å². The first-order chi connectivity index (χ1) is 19.6. The molecule has 8 heteroatoms. The molecule has 0 amide bonds. The summed E-state index contributed by atoms with van der Waals surface area (Å²) in [6, 6.07) is 28.3. The van der Waals surface area contributed by atoms with Crippen molar-refractivity contribution in [3.8, 4) is 6.07 Å². The highest BCUT2D eigenvalue weighted by Gasteiger charge is 2.35. The van der Waals surface area contributed by atoms with Gasteiger partial charge >= 0.3 is 5.97 Å². The van der Waals surface area contributed by atoms with E-state index in [-0.39, 0.29) is 18.7 Å². The maximum atomic E-state index is 14.1. The SMILES string of the molecule is CCOC(=O)C1=C(c2ccccc2)N=c2s/c(=C\c3cn(CC#N)c4ccccc34)c(=O)n2[C@H]1c1ccccc1. The highest BCUT2D eigenvalue weighted by Crippen LogP contribution is 2.35. The molecule has 0 spiro atoms. The lowest BCUT2D eigenvalue weighted by Crippen LogP contribution is -2.39. The Balaban J connectivity index is 1.64. The van der Waals surface area contributed by atoms with Gasteiger partial charge < -0.3 is 9.30 Å². The second-order valence-electron chi connectivity index (χ2n) is 9.23. The average Bonchev–Trinajstić information content (AvgIpc) is 3.50. The van der Waals surface area contributed by atoms with Gasteiger partial charge in [-0.1, -0.05) is 90.2 Å². The van der Waals surface area contributed by atoms with Crippen LogP contribution >= 0.6 is 11.3 Å². The average molecular weight is 545 g/mol.